The average molecular weight is 405 g/mol. The van der Waals surface area contributed by atoms with Gasteiger partial charge in [-0.15, -0.1) is 0 Å². The molecule has 156 valence electrons. The van der Waals surface area contributed by atoms with Crippen LogP contribution in [-0.4, -0.2) is 48.4 Å². The summed E-state index contributed by atoms with van der Waals surface area (Å²) in [5.74, 6) is -0.167. The number of hydrogen-bond donors (Lipinski definition) is 3. The average Bonchev–Trinajstić information content (AvgIpc) is 3.28. The molecule has 3 N–H and O–H groups in total. The summed E-state index contributed by atoms with van der Waals surface area (Å²) in [7, 11) is 3.89. The van der Waals surface area contributed by atoms with Gasteiger partial charge in [-0.05, 0) is 56.8 Å². The molecule has 1 aliphatic rings. The number of nitrogens with one attached hydrogen (secondary N) is 3. The van der Waals surface area contributed by atoms with Gasteiger partial charge in [0, 0.05) is 23.9 Å². The lowest BCUT2D eigenvalue weighted by Crippen LogP contribution is -2.44. The number of rotatable bonds is 6. The predicted octanol–water partition coefficient (Wildman–Crippen LogP) is 2.94. The van der Waals surface area contributed by atoms with Gasteiger partial charge in [0.05, 0.1) is 12.1 Å². The molecule has 1 aliphatic carbocycles. The van der Waals surface area contributed by atoms with E-state index in [-0.39, 0.29) is 23.9 Å². The van der Waals surface area contributed by atoms with E-state index in [1.54, 1.807) is 0 Å². The van der Waals surface area contributed by atoms with Crippen LogP contribution >= 0.6 is 0 Å². The summed E-state index contributed by atoms with van der Waals surface area (Å²) in [5.41, 5.74) is 4.86. The summed E-state index contributed by atoms with van der Waals surface area (Å²) in [6.45, 7) is 2.72. The van der Waals surface area contributed by atoms with Crippen LogP contribution in [0.3, 0.4) is 0 Å². The minimum atomic E-state index is -0.230. The zero-order valence-corrected chi connectivity index (χ0v) is 17.7. The van der Waals surface area contributed by atoms with E-state index in [0.29, 0.717) is 25.1 Å². The fourth-order valence-corrected chi connectivity index (χ4v) is 4.10. The highest BCUT2D eigenvalue weighted by atomic mass is 16.2. The number of H-pyrrole nitrogens is 1. The van der Waals surface area contributed by atoms with Crippen LogP contribution in [0.15, 0.2) is 48.5 Å². The highest BCUT2D eigenvalue weighted by Gasteiger charge is 2.34. The van der Waals surface area contributed by atoms with Crippen LogP contribution in [0, 0.1) is 6.92 Å². The molecule has 6 nitrogen and oxygen atoms in total. The summed E-state index contributed by atoms with van der Waals surface area (Å²) in [4.78, 5) is 30.7. The van der Waals surface area contributed by atoms with Gasteiger partial charge in [-0.1, -0.05) is 35.9 Å². The van der Waals surface area contributed by atoms with E-state index in [9.17, 15) is 9.59 Å². The van der Waals surface area contributed by atoms with Crippen LogP contribution in [0.4, 0.5) is 0 Å². The summed E-state index contributed by atoms with van der Waals surface area (Å²) >= 11 is 0. The van der Waals surface area contributed by atoms with E-state index in [4.69, 9.17) is 0 Å². The molecule has 0 saturated heterocycles. The Kier molecular flexibility index (Phi) is 5.59. The van der Waals surface area contributed by atoms with Crippen molar-refractivity contribution in [1.82, 2.24) is 20.5 Å². The predicted molar refractivity (Wildman–Crippen MR) is 118 cm³/mol. The van der Waals surface area contributed by atoms with Gasteiger partial charge in [0.25, 0.3) is 5.91 Å². The van der Waals surface area contributed by atoms with Crippen molar-refractivity contribution in [2.75, 3.05) is 20.6 Å². The van der Waals surface area contributed by atoms with Crippen molar-refractivity contribution in [2.45, 2.75) is 31.8 Å². The number of nitrogens with zero attached hydrogens (tertiary/aromatic N) is 1. The maximum Gasteiger partial charge on any atom is 0.268 e. The number of carbonyl (C=O) groups is 2. The van der Waals surface area contributed by atoms with Gasteiger partial charge in [0.15, 0.2) is 0 Å². The first-order chi connectivity index (χ1) is 14.4. The molecule has 0 spiro atoms. The van der Waals surface area contributed by atoms with Crippen molar-refractivity contribution in [3.8, 4) is 0 Å². The number of aromatic nitrogens is 1. The Labute approximate surface area is 176 Å². The van der Waals surface area contributed by atoms with Crippen molar-refractivity contribution in [3.63, 3.8) is 0 Å². The second-order valence-corrected chi connectivity index (χ2v) is 8.36. The number of fused-ring (bicyclic) bond motifs is 2. The quantitative estimate of drug-likeness (QED) is 0.591. The topological polar surface area (TPSA) is 77.2 Å². The van der Waals surface area contributed by atoms with Crippen molar-refractivity contribution in [2.24, 2.45) is 0 Å². The lowest BCUT2D eigenvalue weighted by atomic mass is 10.1. The van der Waals surface area contributed by atoms with Gasteiger partial charge in [0.1, 0.15) is 5.69 Å². The molecule has 30 heavy (non-hydrogen) atoms. The molecule has 2 aromatic carbocycles. The zero-order valence-electron chi connectivity index (χ0n) is 17.7. The number of hydrogen-bond acceptors (Lipinski definition) is 3. The van der Waals surface area contributed by atoms with E-state index in [1.807, 2.05) is 62.3 Å². The van der Waals surface area contributed by atoms with Crippen LogP contribution in [0.1, 0.15) is 39.6 Å². The minimum Gasteiger partial charge on any atom is -0.351 e. The third kappa shape index (κ3) is 4.24. The molecule has 0 bridgehead atoms. The van der Waals surface area contributed by atoms with Crippen LogP contribution in [0.2, 0.25) is 0 Å². The fraction of sp³-hybridized carbons (Fsp3) is 0.333. The van der Waals surface area contributed by atoms with Gasteiger partial charge in [-0.2, -0.15) is 0 Å². The Morgan fingerprint density at radius 2 is 1.90 bits per heavy atom. The number of benzene rings is 2. The minimum absolute atomic E-state index is 0.00857. The van der Waals surface area contributed by atoms with Gasteiger partial charge in [-0.3, -0.25) is 9.59 Å². The Hall–Kier alpha value is -3.12. The Morgan fingerprint density at radius 3 is 2.70 bits per heavy atom. The summed E-state index contributed by atoms with van der Waals surface area (Å²) in [5, 5.41) is 7.30. The lowest BCUT2D eigenvalue weighted by molar-refractivity contribution is -0.122. The smallest absolute Gasteiger partial charge is 0.268 e. The van der Waals surface area contributed by atoms with Crippen molar-refractivity contribution in [3.05, 3.63) is 70.9 Å². The molecule has 1 heterocycles. The van der Waals surface area contributed by atoms with Gasteiger partial charge < -0.3 is 20.5 Å². The molecule has 6 heteroatoms. The second-order valence-electron chi connectivity index (χ2n) is 8.36. The Balaban J connectivity index is 1.52. The van der Waals surface area contributed by atoms with Gasteiger partial charge in [0.2, 0.25) is 5.91 Å². The van der Waals surface area contributed by atoms with Gasteiger partial charge in [-0.25, -0.2) is 0 Å². The maximum atomic E-state index is 13.0. The molecule has 2 atom stereocenters. The molecule has 0 unspecified atom stereocenters. The van der Waals surface area contributed by atoms with E-state index in [2.05, 4.69) is 27.8 Å². The lowest BCUT2D eigenvalue weighted by Gasteiger charge is -2.23. The van der Waals surface area contributed by atoms with Crippen molar-refractivity contribution < 1.29 is 9.59 Å². The number of aromatic amines is 1. The van der Waals surface area contributed by atoms with E-state index >= 15 is 0 Å². The molecular formula is C24H28N4O2. The summed E-state index contributed by atoms with van der Waals surface area (Å²) < 4.78 is 0. The van der Waals surface area contributed by atoms with Crippen LogP contribution in [-0.2, 0) is 11.2 Å². The molecule has 0 radical (unpaired) electrons. The van der Waals surface area contributed by atoms with Crippen molar-refractivity contribution >= 4 is 22.7 Å². The van der Waals surface area contributed by atoms with Crippen LogP contribution < -0.4 is 10.6 Å². The SMILES string of the molecule is Cc1ccc2[nH]c(C(=O)N[C@@H]3Cc4ccccc4[C@H]3NC(=O)CCN(C)C)cc2c1. The molecule has 1 aromatic heterocycles. The zero-order chi connectivity index (χ0) is 21.3. The first-order valence-electron chi connectivity index (χ1n) is 10.3. The highest BCUT2D eigenvalue weighted by Crippen LogP contribution is 2.31. The molecule has 0 fully saturated rings. The first-order valence-corrected chi connectivity index (χ1v) is 10.3. The molecule has 2 amide bonds. The third-order valence-corrected chi connectivity index (χ3v) is 5.67. The van der Waals surface area contributed by atoms with E-state index in [0.717, 1.165) is 27.6 Å². The summed E-state index contributed by atoms with van der Waals surface area (Å²) in [6, 6.07) is 15.6. The summed E-state index contributed by atoms with van der Waals surface area (Å²) in [6.07, 6.45) is 1.12. The fourth-order valence-electron chi connectivity index (χ4n) is 4.10. The standard InChI is InChI=1S/C24H28N4O2/c1-15-8-9-19-17(12-15)14-21(25-19)24(30)26-20-13-16-6-4-5-7-18(16)23(20)27-22(29)10-11-28(2)3/h4-9,12,14,20,23,25H,10-11,13H2,1-3H3,(H,26,30)(H,27,29)/t20-,23-/m1/s1. The number of amides is 2. The van der Waals surface area contributed by atoms with Crippen LogP contribution in [0.25, 0.3) is 10.9 Å². The second kappa shape index (κ2) is 8.32. The molecule has 0 aliphatic heterocycles. The largest absolute Gasteiger partial charge is 0.351 e. The number of carbonyl (C=O) groups excluding carboxylic acids is 2. The number of aryl methyl sites for hydroxylation is 1. The van der Waals surface area contributed by atoms with E-state index in [1.165, 1.54) is 0 Å². The first kappa shape index (κ1) is 20.2. The Bertz CT molecular complexity index is 1090. The molecule has 0 saturated carbocycles. The molecule has 4 rings (SSSR count). The van der Waals surface area contributed by atoms with E-state index < -0.39 is 0 Å². The van der Waals surface area contributed by atoms with Gasteiger partial charge >= 0.3 is 0 Å². The third-order valence-electron chi connectivity index (χ3n) is 5.67. The maximum absolute atomic E-state index is 13.0. The van der Waals surface area contributed by atoms with Crippen LogP contribution in [0.5, 0.6) is 0 Å². The molecule has 3 aromatic rings. The Morgan fingerprint density at radius 1 is 1.10 bits per heavy atom. The monoisotopic (exact) mass is 404 g/mol. The normalized spacial score (nSPS) is 17.9. The van der Waals surface area contributed by atoms with Crippen molar-refractivity contribution in [1.29, 1.82) is 0 Å². The highest BCUT2D eigenvalue weighted by molar-refractivity contribution is 5.98. The molecular weight excluding hydrogens is 376 g/mol.